The van der Waals surface area contributed by atoms with Crippen molar-refractivity contribution in [3.63, 3.8) is 0 Å². The van der Waals surface area contributed by atoms with E-state index in [2.05, 4.69) is 38.6 Å². The van der Waals surface area contributed by atoms with E-state index < -0.39 is 0 Å². The van der Waals surface area contributed by atoms with Gasteiger partial charge in [0.15, 0.2) is 0 Å². The Kier molecular flexibility index (Phi) is 3.96. The Hall–Kier alpha value is -2.21. The number of thiazole rings is 1. The molecule has 0 atom stereocenters. The van der Waals surface area contributed by atoms with Crippen LogP contribution in [-0.2, 0) is 0 Å². The molecule has 0 saturated heterocycles. The van der Waals surface area contributed by atoms with Gasteiger partial charge in [-0.25, -0.2) is 15.0 Å². The Morgan fingerprint density at radius 3 is 2.86 bits per heavy atom. The van der Waals surface area contributed by atoms with Gasteiger partial charge in [-0.2, -0.15) is 0 Å². The molecule has 0 spiro atoms. The van der Waals surface area contributed by atoms with Gasteiger partial charge in [0.05, 0.1) is 15.7 Å². The zero-order valence-electron chi connectivity index (χ0n) is 12.1. The Labute approximate surface area is 127 Å². The van der Waals surface area contributed by atoms with Crippen molar-refractivity contribution < 1.29 is 0 Å². The Bertz CT molecular complexity index is 753. The molecule has 2 aromatic heterocycles. The van der Waals surface area contributed by atoms with E-state index in [-0.39, 0.29) is 0 Å². The SMILES string of the molecule is CCCNc1ncnc(Nc2ccc3ncsc3c2)c1C. The van der Waals surface area contributed by atoms with Gasteiger partial charge in [0, 0.05) is 17.8 Å². The van der Waals surface area contributed by atoms with Gasteiger partial charge in [-0.15, -0.1) is 11.3 Å². The highest BCUT2D eigenvalue weighted by molar-refractivity contribution is 7.16. The van der Waals surface area contributed by atoms with Crippen molar-refractivity contribution in [2.45, 2.75) is 20.3 Å². The van der Waals surface area contributed by atoms with E-state index in [4.69, 9.17) is 0 Å². The maximum Gasteiger partial charge on any atom is 0.138 e. The Balaban J connectivity index is 1.86. The quantitative estimate of drug-likeness (QED) is 0.746. The first-order valence-electron chi connectivity index (χ1n) is 6.93. The normalized spacial score (nSPS) is 10.8. The van der Waals surface area contributed by atoms with Crippen LogP contribution in [0.1, 0.15) is 18.9 Å². The van der Waals surface area contributed by atoms with Crippen LogP contribution in [0.3, 0.4) is 0 Å². The van der Waals surface area contributed by atoms with Gasteiger partial charge in [0.2, 0.25) is 0 Å². The number of nitrogens with zero attached hydrogens (tertiary/aromatic N) is 3. The minimum Gasteiger partial charge on any atom is -0.370 e. The van der Waals surface area contributed by atoms with Crippen molar-refractivity contribution >= 4 is 38.9 Å². The number of anilines is 3. The van der Waals surface area contributed by atoms with Gasteiger partial charge in [-0.3, -0.25) is 0 Å². The highest BCUT2D eigenvalue weighted by Gasteiger charge is 2.07. The topological polar surface area (TPSA) is 62.7 Å². The molecule has 3 rings (SSSR count). The van der Waals surface area contributed by atoms with E-state index in [1.54, 1.807) is 17.7 Å². The molecule has 0 aliphatic heterocycles. The van der Waals surface area contributed by atoms with Crippen LogP contribution in [0.2, 0.25) is 0 Å². The molecule has 0 unspecified atom stereocenters. The van der Waals surface area contributed by atoms with E-state index in [0.29, 0.717) is 0 Å². The molecule has 0 aliphatic carbocycles. The van der Waals surface area contributed by atoms with Gasteiger partial charge >= 0.3 is 0 Å². The molecule has 5 nitrogen and oxygen atoms in total. The van der Waals surface area contributed by atoms with Gasteiger partial charge < -0.3 is 10.6 Å². The number of fused-ring (bicyclic) bond motifs is 1. The minimum absolute atomic E-state index is 0.826. The molecule has 0 fully saturated rings. The number of hydrogen-bond acceptors (Lipinski definition) is 6. The summed E-state index contributed by atoms with van der Waals surface area (Å²) in [6.45, 7) is 5.06. The lowest BCUT2D eigenvalue weighted by Crippen LogP contribution is -2.06. The number of aromatic nitrogens is 3. The molecule has 0 radical (unpaired) electrons. The number of hydrogen-bond donors (Lipinski definition) is 2. The lowest BCUT2D eigenvalue weighted by Gasteiger charge is -2.12. The second-order valence-corrected chi connectivity index (χ2v) is 5.67. The fourth-order valence-electron chi connectivity index (χ4n) is 2.07. The molecule has 3 aromatic rings. The first-order chi connectivity index (χ1) is 10.3. The average Bonchev–Trinajstić information content (AvgIpc) is 2.96. The summed E-state index contributed by atoms with van der Waals surface area (Å²) in [5, 5.41) is 6.67. The molecule has 0 amide bonds. The Morgan fingerprint density at radius 2 is 2.00 bits per heavy atom. The van der Waals surface area contributed by atoms with Crippen LogP contribution in [0.4, 0.5) is 17.3 Å². The van der Waals surface area contributed by atoms with E-state index in [1.807, 2.05) is 24.6 Å². The maximum absolute atomic E-state index is 4.34. The summed E-state index contributed by atoms with van der Waals surface area (Å²) in [6.07, 6.45) is 2.65. The predicted molar refractivity (Wildman–Crippen MR) is 88.5 cm³/mol. The summed E-state index contributed by atoms with van der Waals surface area (Å²) >= 11 is 1.63. The zero-order chi connectivity index (χ0) is 14.7. The van der Waals surface area contributed by atoms with Gasteiger partial charge in [-0.05, 0) is 31.5 Å². The summed E-state index contributed by atoms with van der Waals surface area (Å²) in [6, 6.07) is 6.12. The molecule has 2 heterocycles. The van der Waals surface area contributed by atoms with Crippen molar-refractivity contribution in [2.24, 2.45) is 0 Å². The molecule has 0 saturated carbocycles. The molecule has 1 aromatic carbocycles. The van der Waals surface area contributed by atoms with E-state index in [9.17, 15) is 0 Å². The highest BCUT2D eigenvalue weighted by atomic mass is 32.1. The number of rotatable bonds is 5. The van der Waals surface area contributed by atoms with E-state index >= 15 is 0 Å². The van der Waals surface area contributed by atoms with Crippen molar-refractivity contribution in [1.29, 1.82) is 0 Å². The fourth-order valence-corrected chi connectivity index (χ4v) is 2.78. The van der Waals surface area contributed by atoms with Crippen molar-refractivity contribution in [3.8, 4) is 0 Å². The first-order valence-corrected chi connectivity index (χ1v) is 7.81. The van der Waals surface area contributed by atoms with Crippen molar-refractivity contribution in [3.05, 3.63) is 35.6 Å². The predicted octanol–water partition coefficient (Wildman–Crippen LogP) is 3.96. The fraction of sp³-hybridized carbons (Fsp3) is 0.267. The second-order valence-electron chi connectivity index (χ2n) is 4.78. The molecule has 0 aliphatic rings. The van der Waals surface area contributed by atoms with Crippen LogP contribution in [-0.4, -0.2) is 21.5 Å². The highest BCUT2D eigenvalue weighted by Crippen LogP contribution is 2.26. The summed E-state index contributed by atoms with van der Waals surface area (Å²) in [4.78, 5) is 12.9. The molecule has 108 valence electrons. The summed E-state index contributed by atoms with van der Waals surface area (Å²) in [5.74, 6) is 1.71. The summed E-state index contributed by atoms with van der Waals surface area (Å²) in [5.41, 5.74) is 4.91. The number of benzene rings is 1. The lowest BCUT2D eigenvalue weighted by molar-refractivity contribution is 0.960. The van der Waals surface area contributed by atoms with Gasteiger partial charge in [-0.1, -0.05) is 6.92 Å². The van der Waals surface area contributed by atoms with Crippen LogP contribution in [0.15, 0.2) is 30.0 Å². The van der Waals surface area contributed by atoms with Crippen LogP contribution < -0.4 is 10.6 Å². The average molecular weight is 299 g/mol. The molecular formula is C15H17N5S. The summed E-state index contributed by atoms with van der Waals surface area (Å²) in [7, 11) is 0. The smallest absolute Gasteiger partial charge is 0.138 e. The molecule has 6 heteroatoms. The van der Waals surface area contributed by atoms with Crippen molar-refractivity contribution in [1.82, 2.24) is 15.0 Å². The third-order valence-corrected chi connectivity index (χ3v) is 4.01. The second kappa shape index (κ2) is 6.05. The van der Waals surface area contributed by atoms with E-state index in [0.717, 1.165) is 46.1 Å². The lowest BCUT2D eigenvalue weighted by atomic mass is 10.2. The van der Waals surface area contributed by atoms with Crippen LogP contribution in [0.5, 0.6) is 0 Å². The maximum atomic E-state index is 4.34. The Morgan fingerprint density at radius 1 is 1.14 bits per heavy atom. The molecular weight excluding hydrogens is 282 g/mol. The van der Waals surface area contributed by atoms with Crippen LogP contribution >= 0.6 is 11.3 Å². The molecule has 21 heavy (non-hydrogen) atoms. The molecule has 0 bridgehead atoms. The monoisotopic (exact) mass is 299 g/mol. The minimum atomic E-state index is 0.826. The van der Waals surface area contributed by atoms with E-state index in [1.165, 1.54) is 0 Å². The van der Waals surface area contributed by atoms with Crippen molar-refractivity contribution in [2.75, 3.05) is 17.2 Å². The standard InChI is InChI=1S/C15H17N5S/c1-3-6-16-14-10(2)15(18-8-17-14)20-11-4-5-12-13(7-11)21-9-19-12/h4-5,7-9H,3,6H2,1-2H3,(H2,16,17,18,20). The van der Waals surface area contributed by atoms with Gasteiger partial charge in [0.25, 0.3) is 0 Å². The van der Waals surface area contributed by atoms with Crippen LogP contribution in [0.25, 0.3) is 10.2 Å². The number of nitrogens with one attached hydrogen (secondary N) is 2. The summed E-state index contributed by atoms with van der Waals surface area (Å²) < 4.78 is 1.16. The molecule has 2 N–H and O–H groups in total. The zero-order valence-corrected chi connectivity index (χ0v) is 12.9. The third-order valence-electron chi connectivity index (χ3n) is 3.22. The third kappa shape index (κ3) is 2.95. The van der Waals surface area contributed by atoms with Crippen LogP contribution in [0, 0.1) is 6.92 Å². The van der Waals surface area contributed by atoms with Gasteiger partial charge in [0.1, 0.15) is 18.0 Å². The largest absolute Gasteiger partial charge is 0.370 e. The first kappa shape index (κ1) is 13.8.